The fraction of sp³-hybridized carbons (Fsp3) is 0.231. The van der Waals surface area contributed by atoms with Crippen molar-refractivity contribution in [2.75, 3.05) is 13.7 Å². The average Bonchev–Trinajstić information content (AvgIpc) is 2.83. The molecule has 0 unspecified atom stereocenters. The Morgan fingerprint density at radius 3 is 2.38 bits per heavy atom. The Hall–Kier alpha value is -3.31. The second kappa shape index (κ2) is 10.3. The van der Waals surface area contributed by atoms with Crippen molar-refractivity contribution in [2.24, 2.45) is 0 Å². The molecule has 0 atom stereocenters. The van der Waals surface area contributed by atoms with Gasteiger partial charge in [0.1, 0.15) is 5.82 Å². The highest BCUT2D eigenvalue weighted by Crippen LogP contribution is 2.26. The molecular formula is C26H25ClN2O3. The molecule has 0 aliphatic carbocycles. The molecule has 1 aromatic heterocycles. The van der Waals surface area contributed by atoms with Crippen LogP contribution in [0.15, 0.2) is 77.6 Å². The van der Waals surface area contributed by atoms with E-state index in [0.717, 1.165) is 36.3 Å². The molecule has 0 saturated heterocycles. The lowest BCUT2D eigenvalue weighted by Crippen LogP contribution is -2.23. The number of aromatic nitrogens is 2. The lowest BCUT2D eigenvalue weighted by atomic mass is 10.1. The molecule has 4 rings (SSSR count). The summed E-state index contributed by atoms with van der Waals surface area (Å²) >= 11 is 6.05. The van der Waals surface area contributed by atoms with Crippen LogP contribution in [0.2, 0.25) is 5.02 Å². The van der Waals surface area contributed by atoms with E-state index in [4.69, 9.17) is 26.1 Å². The molecule has 0 saturated carbocycles. The third-order valence-electron chi connectivity index (χ3n) is 5.32. The maximum Gasteiger partial charge on any atom is 0.261 e. The normalized spacial score (nSPS) is 10.9. The highest BCUT2D eigenvalue weighted by Gasteiger charge is 2.12. The quantitative estimate of drug-likeness (QED) is 0.296. The van der Waals surface area contributed by atoms with Crippen LogP contribution in [0.5, 0.6) is 11.5 Å². The van der Waals surface area contributed by atoms with E-state index in [-0.39, 0.29) is 5.56 Å². The van der Waals surface area contributed by atoms with E-state index >= 15 is 0 Å². The molecule has 1 heterocycles. The monoisotopic (exact) mass is 448 g/mol. The second-order valence-electron chi connectivity index (χ2n) is 7.48. The van der Waals surface area contributed by atoms with Crippen molar-refractivity contribution in [2.45, 2.75) is 25.8 Å². The number of nitrogens with zero attached hydrogens (tertiary/aromatic N) is 2. The van der Waals surface area contributed by atoms with E-state index in [9.17, 15) is 4.79 Å². The summed E-state index contributed by atoms with van der Waals surface area (Å²) in [6.45, 7) is 1.18. The second-order valence-corrected chi connectivity index (χ2v) is 7.91. The van der Waals surface area contributed by atoms with Crippen molar-refractivity contribution >= 4 is 22.5 Å². The Labute approximate surface area is 192 Å². The van der Waals surface area contributed by atoms with Gasteiger partial charge < -0.3 is 9.47 Å². The Morgan fingerprint density at radius 1 is 0.875 bits per heavy atom. The van der Waals surface area contributed by atoms with Crippen LogP contribution in [-0.4, -0.2) is 23.3 Å². The summed E-state index contributed by atoms with van der Waals surface area (Å²) in [5.41, 5.74) is 1.55. The van der Waals surface area contributed by atoms with Crippen molar-refractivity contribution < 1.29 is 9.47 Å². The summed E-state index contributed by atoms with van der Waals surface area (Å²) in [5, 5.41) is 1.28. The van der Waals surface area contributed by atoms with E-state index < -0.39 is 0 Å². The zero-order valence-corrected chi connectivity index (χ0v) is 18.7. The lowest BCUT2D eigenvalue weighted by Gasteiger charge is -2.14. The van der Waals surface area contributed by atoms with Gasteiger partial charge in [0.05, 0.1) is 24.6 Å². The van der Waals surface area contributed by atoms with Crippen molar-refractivity contribution in [1.29, 1.82) is 0 Å². The van der Waals surface area contributed by atoms with Crippen molar-refractivity contribution in [3.63, 3.8) is 0 Å². The molecule has 6 heteroatoms. The summed E-state index contributed by atoms with van der Waals surface area (Å²) < 4.78 is 12.9. The van der Waals surface area contributed by atoms with Gasteiger partial charge in [-0.15, -0.1) is 0 Å². The first-order valence-corrected chi connectivity index (χ1v) is 11.1. The fourth-order valence-electron chi connectivity index (χ4n) is 3.66. The lowest BCUT2D eigenvalue weighted by molar-refractivity contribution is 0.284. The van der Waals surface area contributed by atoms with Crippen LogP contribution >= 0.6 is 11.6 Å². The van der Waals surface area contributed by atoms with Gasteiger partial charge in [0.2, 0.25) is 0 Å². The first-order valence-electron chi connectivity index (χ1n) is 10.7. The standard InChI is InChI=1S/C26H25ClN2O3/c1-31-23-11-5-6-12-24(23)32-18-8-2-7-17-29-25(19-13-15-20(27)16-14-19)28-22-10-4-3-9-21(22)26(29)30/h3-6,9-16H,2,7-8,17-18H2,1H3. The molecule has 0 aliphatic heterocycles. The smallest absolute Gasteiger partial charge is 0.261 e. The van der Waals surface area contributed by atoms with Crippen LogP contribution in [0.4, 0.5) is 0 Å². The van der Waals surface area contributed by atoms with Gasteiger partial charge in [-0.1, -0.05) is 35.9 Å². The summed E-state index contributed by atoms with van der Waals surface area (Å²) in [4.78, 5) is 18.0. The van der Waals surface area contributed by atoms with Crippen molar-refractivity contribution in [3.8, 4) is 22.9 Å². The molecule has 0 fully saturated rings. The van der Waals surface area contributed by atoms with Crippen LogP contribution < -0.4 is 15.0 Å². The number of ether oxygens (including phenoxy) is 2. The number of fused-ring (bicyclic) bond motifs is 1. The van der Waals surface area contributed by atoms with Crippen LogP contribution in [-0.2, 0) is 6.54 Å². The van der Waals surface area contributed by atoms with Crippen LogP contribution in [0.1, 0.15) is 19.3 Å². The van der Waals surface area contributed by atoms with Gasteiger partial charge in [-0.2, -0.15) is 0 Å². The number of para-hydroxylation sites is 3. The first kappa shape index (κ1) is 21.9. The highest BCUT2D eigenvalue weighted by molar-refractivity contribution is 6.30. The fourth-order valence-corrected chi connectivity index (χ4v) is 3.79. The molecule has 4 aromatic rings. The largest absolute Gasteiger partial charge is 0.493 e. The minimum Gasteiger partial charge on any atom is -0.493 e. The summed E-state index contributed by atoms with van der Waals surface area (Å²) in [6, 6.07) is 22.5. The van der Waals surface area contributed by atoms with Crippen LogP contribution in [0, 0.1) is 0 Å². The Balaban J connectivity index is 1.46. The summed E-state index contributed by atoms with van der Waals surface area (Å²) in [7, 11) is 1.63. The molecule has 0 aliphatic rings. The zero-order valence-electron chi connectivity index (χ0n) is 18.0. The minimum absolute atomic E-state index is 0.0224. The molecule has 0 N–H and O–H groups in total. The van der Waals surface area contributed by atoms with E-state index in [1.807, 2.05) is 72.8 Å². The first-order chi connectivity index (χ1) is 15.7. The number of halogens is 1. The van der Waals surface area contributed by atoms with E-state index in [0.29, 0.717) is 34.9 Å². The highest BCUT2D eigenvalue weighted by atomic mass is 35.5. The van der Waals surface area contributed by atoms with Gasteiger partial charge in [0.15, 0.2) is 11.5 Å². The topological polar surface area (TPSA) is 53.4 Å². The molecule has 32 heavy (non-hydrogen) atoms. The van der Waals surface area contributed by atoms with Gasteiger partial charge in [0.25, 0.3) is 5.56 Å². The van der Waals surface area contributed by atoms with Crippen molar-refractivity contribution in [1.82, 2.24) is 9.55 Å². The van der Waals surface area contributed by atoms with Gasteiger partial charge in [-0.25, -0.2) is 4.98 Å². The Morgan fingerprint density at radius 2 is 1.59 bits per heavy atom. The summed E-state index contributed by atoms with van der Waals surface area (Å²) in [5.74, 6) is 2.14. The van der Waals surface area contributed by atoms with Gasteiger partial charge in [-0.05, 0) is 67.8 Å². The van der Waals surface area contributed by atoms with Crippen molar-refractivity contribution in [3.05, 3.63) is 88.2 Å². The van der Waals surface area contributed by atoms with E-state index in [1.165, 1.54) is 0 Å². The molecular weight excluding hydrogens is 424 g/mol. The molecule has 3 aromatic carbocycles. The number of benzene rings is 3. The van der Waals surface area contributed by atoms with E-state index in [2.05, 4.69) is 0 Å². The molecule has 5 nitrogen and oxygen atoms in total. The third-order valence-corrected chi connectivity index (χ3v) is 5.57. The third kappa shape index (κ3) is 4.94. The average molecular weight is 449 g/mol. The zero-order chi connectivity index (χ0) is 22.3. The van der Waals surface area contributed by atoms with E-state index in [1.54, 1.807) is 11.7 Å². The van der Waals surface area contributed by atoms with Gasteiger partial charge in [0, 0.05) is 17.1 Å². The predicted octanol–water partition coefficient (Wildman–Crippen LogP) is 5.97. The van der Waals surface area contributed by atoms with Crippen LogP contribution in [0.3, 0.4) is 0 Å². The minimum atomic E-state index is -0.0224. The number of hydrogen-bond acceptors (Lipinski definition) is 4. The molecule has 0 bridgehead atoms. The maximum atomic E-state index is 13.2. The number of rotatable bonds is 9. The molecule has 0 amide bonds. The number of unbranched alkanes of at least 4 members (excludes halogenated alkanes) is 2. The van der Waals surface area contributed by atoms with Crippen LogP contribution in [0.25, 0.3) is 22.3 Å². The molecule has 0 spiro atoms. The Bertz CT molecular complexity index is 1250. The predicted molar refractivity (Wildman–Crippen MR) is 129 cm³/mol. The summed E-state index contributed by atoms with van der Waals surface area (Å²) in [6.07, 6.45) is 2.65. The molecule has 164 valence electrons. The van der Waals surface area contributed by atoms with Gasteiger partial charge >= 0.3 is 0 Å². The Kier molecular flexibility index (Phi) is 7.07. The van der Waals surface area contributed by atoms with Gasteiger partial charge in [-0.3, -0.25) is 9.36 Å². The molecule has 0 radical (unpaired) electrons. The SMILES string of the molecule is COc1ccccc1OCCCCCn1c(-c2ccc(Cl)cc2)nc2ccccc2c1=O. The number of methoxy groups -OCH3 is 1. The maximum absolute atomic E-state index is 13.2. The number of hydrogen-bond donors (Lipinski definition) is 0.